The van der Waals surface area contributed by atoms with Crippen molar-refractivity contribution in [3.8, 4) is 0 Å². The van der Waals surface area contributed by atoms with Crippen LogP contribution in [0.2, 0.25) is 0 Å². The van der Waals surface area contributed by atoms with Crippen LogP contribution in [0.5, 0.6) is 0 Å². The van der Waals surface area contributed by atoms with E-state index in [2.05, 4.69) is 75.4 Å². The molecule has 0 saturated carbocycles. The molecule has 2 aromatic rings. The lowest BCUT2D eigenvalue weighted by Crippen LogP contribution is -2.37. The Hall–Kier alpha value is -2.20. The molecule has 186 valence electrons. The van der Waals surface area contributed by atoms with E-state index < -0.39 is 6.43 Å². The van der Waals surface area contributed by atoms with Gasteiger partial charge >= 0.3 is 0 Å². The van der Waals surface area contributed by atoms with Gasteiger partial charge in [0.15, 0.2) is 0 Å². The van der Waals surface area contributed by atoms with Crippen LogP contribution >= 0.6 is 0 Å². The summed E-state index contributed by atoms with van der Waals surface area (Å²) in [6.07, 6.45) is 4.76. The van der Waals surface area contributed by atoms with Crippen molar-refractivity contribution in [1.29, 1.82) is 0 Å². The number of H-pyrrole nitrogens is 1. The molecular formula is C30H42F2N2. The standard InChI is InChI=1S/C30H42F2N2/c1-8-21(6)22(7)16-25(15-19(2)3)30-27(18-29(31)32)26-17-24(9-10-28(26)33-30)23-11-13-34(14-12-23)20(4)5/h9-10,15-17,20-21,23,29,33H,2,8,11-14,18H2,1,3-7H3/b22-16-,25-15+. The number of nitrogens with zero attached hydrogens (tertiary/aromatic N) is 1. The summed E-state index contributed by atoms with van der Waals surface area (Å²) in [4.78, 5) is 6.01. The second kappa shape index (κ2) is 11.5. The first-order valence-corrected chi connectivity index (χ1v) is 12.8. The third-order valence-electron chi connectivity index (χ3n) is 7.48. The maximum atomic E-state index is 13.8. The highest BCUT2D eigenvalue weighted by atomic mass is 19.3. The molecule has 1 aromatic carbocycles. The van der Waals surface area contributed by atoms with Crippen LogP contribution in [0.1, 0.15) is 83.5 Å². The molecule has 1 unspecified atom stereocenters. The lowest BCUT2D eigenvalue weighted by atomic mass is 9.87. The first kappa shape index (κ1) is 26.4. The van der Waals surface area contributed by atoms with E-state index in [1.807, 2.05) is 13.0 Å². The molecule has 2 nitrogen and oxygen atoms in total. The quantitative estimate of drug-likeness (QED) is 0.365. The van der Waals surface area contributed by atoms with E-state index in [1.54, 1.807) is 0 Å². The van der Waals surface area contributed by atoms with Crippen molar-refractivity contribution in [2.24, 2.45) is 5.92 Å². The molecule has 0 radical (unpaired) electrons. The van der Waals surface area contributed by atoms with Gasteiger partial charge < -0.3 is 9.88 Å². The van der Waals surface area contributed by atoms with Crippen LogP contribution in [-0.2, 0) is 6.42 Å². The van der Waals surface area contributed by atoms with E-state index >= 15 is 0 Å². The molecule has 4 heteroatoms. The van der Waals surface area contributed by atoms with E-state index in [1.165, 1.54) is 11.1 Å². The van der Waals surface area contributed by atoms with Gasteiger partial charge in [0.2, 0.25) is 6.43 Å². The van der Waals surface area contributed by atoms with Crippen molar-refractivity contribution >= 4 is 16.5 Å². The predicted molar refractivity (Wildman–Crippen MR) is 143 cm³/mol. The van der Waals surface area contributed by atoms with Crippen LogP contribution in [0.15, 0.2) is 48.1 Å². The summed E-state index contributed by atoms with van der Waals surface area (Å²) >= 11 is 0. The Balaban J connectivity index is 2.07. The summed E-state index contributed by atoms with van der Waals surface area (Å²) in [7, 11) is 0. The molecule has 0 aliphatic carbocycles. The molecule has 0 spiro atoms. The first-order chi connectivity index (χ1) is 16.1. The van der Waals surface area contributed by atoms with Gasteiger partial charge in [-0.25, -0.2) is 8.78 Å². The SMILES string of the molecule is C=C(C)/C=C(\C=C(\C)C(C)CC)c1[nH]c2ccc(C3CCN(C(C)C)CC3)cc2c1CC(F)F. The minimum Gasteiger partial charge on any atom is -0.354 e. The summed E-state index contributed by atoms with van der Waals surface area (Å²) in [5.41, 5.74) is 6.80. The average molecular weight is 469 g/mol. The molecule has 1 fully saturated rings. The van der Waals surface area contributed by atoms with Gasteiger partial charge in [0.1, 0.15) is 0 Å². The average Bonchev–Trinajstić information content (AvgIpc) is 3.14. The molecule has 1 N–H and O–H groups in total. The molecule has 1 aliphatic heterocycles. The fourth-order valence-corrected chi connectivity index (χ4v) is 5.04. The van der Waals surface area contributed by atoms with Crippen LogP contribution in [0.25, 0.3) is 16.5 Å². The molecule has 2 heterocycles. The summed E-state index contributed by atoms with van der Waals surface area (Å²) < 4.78 is 27.6. The number of aromatic nitrogens is 1. The third kappa shape index (κ3) is 6.27. The summed E-state index contributed by atoms with van der Waals surface area (Å²) in [6, 6.07) is 7.01. The molecule has 3 rings (SSSR count). The number of alkyl halides is 2. The number of hydrogen-bond donors (Lipinski definition) is 1. The van der Waals surface area contributed by atoms with Crippen LogP contribution in [-0.4, -0.2) is 35.4 Å². The fraction of sp³-hybridized carbons (Fsp3) is 0.533. The first-order valence-electron chi connectivity index (χ1n) is 12.8. The number of benzene rings is 1. The van der Waals surface area contributed by atoms with Crippen LogP contribution in [0, 0.1) is 5.92 Å². The van der Waals surface area contributed by atoms with E-state index in [-0.39, 0.29) is 6.42 Å². The van der Waals surface area contributed by atoms with E-state index in [0.29, 0.717) is 23.4 Å². The Bertz CT molecular complexity index is 1050. The van der Waals surface area contributed by atoms with Crippen LogP contribution < -0.4 is 0 Å². The van der Waals surface area contributed by atoms with Crippen molar-refractivity contribution in [2.45, 2.75) is 85.6 Å². The Kier molecular flexibility index (Phi) is 8.92. The number of piperidine rings is 1. The zero-order valence-electron chi connectivity index (χ0n) is 21.8. The van der Waals surface area contributed by atoms with Gasteiger partial charge in [-0.05, 0) is 101 Å². The lowest BCUT2D eigenvalue weighted by Gasteiger charge is -2.34. The highest BCUT2D eigenvalue weighted by Crippen LogP contribution is 2.36. The number of rotatable bonds is 9. The van der Waals surface area contributed by atoms with Crippen LogP contribution in [0.3, 0.4) is 0 Å². The zero-order valence-corrected chi connectivity index (χ0v) is 21.8. The molecule has 0 bridgehead atoms. The maximum Gasteiger partial charge on any atom is 0.242 e. The van der Waals surface area contributed by atoms with Crippen molar-refractivity contribution < 1.29 is 8.78 Å². The van der Waals surface area contributed by atoms with Gasteiger partial charge in [0.05, 0.1) is 0 Å². The number of allylic oxidation sites excluding steroid dienone is 5. The van der Waals surface area contributed by atoms with Crippen LogP contribution in [0.4, 0.5) is 8.78 Å². The largest absolute Gasteiger partial charge is 0.354 e. The number of nitrogens with one attached hydrogen (secondary N) is 1. The van der Waals surface area contributed by atoms with Gasteiger partial charge in [-0.2, -0.15) is 0 Å². The highest BCUT2D eigenvalue weighted by molar-refractivity contribution is 5.92. The number of aromatic amines is 1. The second-order valence-electron chi connectivity index (χ2n) is 10.4. The minimum absolute atomic E-state index is 0.256. The topological polar surface area (TPSA) is 19.0 Å². The van der Waals surface area contributed by atoms with Gasteiger partial charge in [-0.1, -0.05) is 49.8 Å². The predicted octanol–water partition coefficient (Wildman–Crippen LogP) is 8.52. The smallest absolute Gasteiger partial charge is 0.242 e. The highest BCUT2D eigenvalue weighted by Gasteiger charge is 2.24. The normalized spacial score (nSPS) is 17.8. The van der Waals surface area contributed by atoms with Gasteiger partial charge in [0, 0.05) is 29.1 Å². The Labute approximate surface area is 204 Å². The Morgan fingerprint density at radius 2 is 1.82 bits per heavy atom. The second-order valence-corrected chi connectivity index (χ2v) is 10.4. The number of fused-ring (bicyclic) bond motifs is 1. The molecule has 34 heavy (non-hydrogen) atoms. The maximum absolute atomic E-state index is 13.8. The lowest BCUT2D eigenvalue weighted by molar-refractivity contribution is 0.149. The van der Waals surface area contributed by atoms with E-state index in [4.69, 9.17) is 0 Å². The molecule has 1 saturated heterocycles. The molecule has 1 atom stereocenters. The third-order valence-corrected chi connectivity index (χ3v) is 7.48. The monoisotopic (exact) mass is 468 g/mol. The van der Waals surface area contributed by atoms with Crippen molar-refractivity contribution in [3.63, 3.8) is 0 Å². The van der Waals surface area contributed by atoms with E-state index in [0.717, 1.165) is 60.1 Å². The summed E-state index contributed by atoms with van der Waals surface area (Å²) in [5.74, 6) is 0.912. The molecule has 0 amide bonds. The number of hydrogen-bond acceptors (Lipinski definition) is 1. The van der Waals surface area contributed by atoms with E-state index in [9.17, 15) is 8.78 Å². The summed E-state index contributed by atoms with van der Waals surface area (Å²) in [5, 5.41) is 0.932. The van der Waals surface area contributed by atoms with Crippen molar-refractivity contribution in [2.75, 3.05) is 13.1 Å². The van der Waals surface area contributed by atoms with Crippen molar-refractivity contribution in [1.82, 2.24) is 9.88 Å². The molecule has 1 aromatic heterocycles. The number of likely N-dealkylation sites (tertiary alicyclic amines) is 1. The van der Waals surface area contributed by atoms with Gasteiger partial charge in [-0.3, -0.25) is 0 Å². The molecule has 1 aliphatic rings. The van der Waals surface area contributed by atoms with Gasteiger partial charge in [0.25, 0.3) is 0 Å². The fourth-order valence-electron chi connectivity index (χ4n) is 5.04. The minimum atomic E-state index is -2.40. The zero-order chi connectivity index (χ0) is 25.0. The van der Waals surface area contributed by atoms with Gasteiger partial charge in [-0.15, -0.1) is 0 Å². The Morgan fingerprint density at radius 3 is 2.38 bits per heavy atom. The summed E-state index contributed by atoms with van der Waals surface area (Å²) in [6.45, 7) is 19.2. The Morgan fingerprint density at radius 1 is 1.15 bits per heavy atom. The molecular weight excluding hydrogens is 426 g/mol. The number of halogens is 2. The van der Waals surface area contributed by atoms with Crippen molar-refractivity contribution in [3.05, 3.63) is 64.9 Å².